The summed E-state index contributed by atoms with van der Waals surface area (Å²) in [5.41, 5.74) is -0.192. The van der Waals surface area contributed by atoms with Crippen molar-refractivity contribution in [2.24, 2.45) is 0 Å². The molecule has 8 heteroatoms. The van der Waals surface area contributed by atoms with Gasteiger partial charge in [0.1, 0.15) is 0 Å². The number of ether oxygens (including phenoxy) is 1. The maximum absolute atomic E-state index is 10.7. The third-order valence-corrected chi connectivity index (χ3v) is 3.58. The molecule has 0 saturated heterocycles. The summed E-state index contributed by atoms with van der Waals surface area (Å²) in [6, 6.07) is 4.69. The molecule has 1 unspecified atom stereocenters. The minimum atomic E-state index is -0.577. The van der Waals surface area contributed by atoms with Gasteiger partial charge < -0.3 is 4.74 Å². The predicted molar refractivity (Wildman–Crippen MR) is 78.8 cm³/mol. The average molecular weight is 330 g/mol. The first-order valence-corrected chi connectivity index (χ1v) is 7.18. The Morgan fingerprint density at radius 2 is 2.10 bits per heavy atom. The fraction of sp³-hybridized carbons (Fsp3) is 0.462. The molecule has 1 fully saturated rings. The van der Waals surface area contributed by atoms with E-state index in [2.05, 4.69) is 11.4 Å². The van der Waals surface area contributed by atoms with E-state index in [0.717, 1.165) is 12.8 Å². The molecule has 1 aromatic carbocycles. The number of nitrogens with one attached hydrogen (secondary N) is 1. The molecule has 2 rings (SSSR count). The monoisotopic (exact) mass is 329 g/mol. The number of non-ortho nitro benzene ring substituents is 1. The standard InChI is InChI=1S/C13H13Cl2N3O3/c14-11-5-10(18(19)20)6-12(15)13(11)21-4-3-9(7-16)17-8-1-2-8/h5-6,8-9,17H,1-4H2. The Labute approximate surface area is 131 Å². The van der Waals surface area contributed by atoms with Gasteiger partial charge in [0, 0.05) is 24.6 Å². The normalized spacial score (nSPS) is 15.3. The summed E-state index contributed by atoms with van der Waals surface area (Å²) in [6.45, 7) is 0.245. The molecule has 0 bridgehead atoms. The molecule has 0 aromatic heterocycles. The van der Waals surface area contributed by atoms with Gasteiger partial charge in [0.2, 0.25) is 0 Å². The van der Waals surface area contributed by atoms with Crippen LogP contribution in [0.15, 0.2) is 12.1 Å². The largest absolute Gasteiger partial charge is 0.490 e. The van der Waals surface area contributed by atoms with E-state index in [9.17, 15) is 10.1 Å². The number of hydrogen-bond donors (Lipinski definition) is 1. The van der Waals surface area contributed by atoms with Crippen LogP contribution < -0.4 is 10.1 Å². The highest BCUT2D eigenvalue weighted by Gasteiger charge is 2.24. The molecule has 1 atom stereocenters. The summed E-state index contributed by atoms with van der Waals surface area (Å²) in [6.07, 6.45) is 2.68. The first-order chi connectivity index (χ1) is 10.0. The first kappa shape index (κ1) is 15.8. The van der Waals surface area contributed by atoms with Crippen LogP contribution in [0.1, 0.15) is 19.3 Å². The van der Waals surface area contributed by atoms with Gasteiger partial charge in [-0.1, -0.05) is 23.2 Å². The maximum atomic E-state index is 10.7. The molecular formula is C13H13Cl2N3O3. The van der Waals surface area contributed by atoms with E-state index in [4.69, 9.17) is 33.2 Å². The SMILES string of the molecule is N#CC(CCOc1c(Cl)cc([N+](=O)[O-])cc1Cl)NC1CC1. The van der Waals surface area contributed by atoms with Gasteiger partial charge in [0.15, 0.2) is 5.75 Å². The van der Waals surface area contributed by atoms with Gasteiger partial charge >= 0.3 is 0 Å². The summed E-state index contributed by atoms with van der Waals surface area (Å²) in [4.78, 5) is 10.1. The fourth-order valence-corrected chi connectivity index (χ4v) is 2.37. The van der Waals surface area contributed by atoms with Crippen LogP contribution in [-0.2, 0) is 0 Å². The Bertz CT molecular complexity index is 562. The smallest absolute Gasteiger partial charge is 0.272 e. The average Bonchev–Trinajstić information content (AvgIpc) is 3.24. The van der Waals surface area contributed by atoms with Crippen molar-refractivity contribution in [3.63, 3.8) is 0 Å². The molecule has 112 valence electrons. The highest BCUT2D eigenvalue weighted by atomic mass is 35.5. The van der Waals surface area contributed by atoms with Crippen molar-refractivity contribution in [1.82, 2.24) is 5.32 Å². The van der Waals surface area contributed by atoms with Crippen LogP contribution >= 0.6 is 23.2 Å². The van der Waals surface area contributed by atoms with Crippen molar-refractivity contribution in [2.75, 3.05) is 6.61 Å². The van der Waals surface area contributed by atoms with Crippen LogP contribution in [0.25, 0.3) is 0 Å². The number of nitriles is 1. The fourth-order valence-electron chi connectivity index (χ4n) is 1.79. The molecule has 1 aliphatic rings. The van der Waals surface area contributed by atoms with Crippen LogP contribution in [0.5, 0.6) is 5.75 Å². The van der Waals surface area contributed by atoms with Crippen molar-refractivity contribution in [3.8, 4) is 11.8 Å². The number of rotatable bonds is 7. The van der Waals surface area contributed by atoms with Crippen molar-refractivity contribution < 1.29 is 9.66 Å². The zero-order valence-electron chi connectivity index (χ0n) is 11.0. The second-order valence-corrected chi connectivity index (χ2v) is 5.57. The highest BCUT2D eigenvalue weighted by Crippen LogP contribution is 2.36. The van der Waals surface area contributed by atoms with Crippen LogP contribution in [0.2, 0.25) is 10.0 Å². The lowest BCUT2D eigenvalue weighted by Gasteiger charge is -2.13. The van der Waals surface area contributed by atoms with Crippen molar-refractivity contribution in [2.45, 2.75) is 31.3 Å². The topological polar surface area (TPSA) is 88.2 Å². The minimum absolute atomic E-state index is 0.0814. The lowest BCUT2D eigenvalue weighted by molar-refractivity contribution is -0.384. The third-order valence-electron chi connectivity index (χ3n) is 3.02. The minimum Gasteiger partial charge on any atom is -0.490 e. The molecule has 1 aromatic rings. The van der Waals surface area contributed by atoms with E-state index in [1.54, 1.807) is 0 Å². The second-order valence-electron chi connectivity index (χ2n) is 4.76. The van der Waals surface area contributed by atoms with E-state index in [1.165, 1.54) is 12.1 Å². The lowest BCUT2D eigenvalue weighted by Crippen LogP contribution is -2.31. The van der Waals surface area contributed by atoms with E-state index in [-0.39, 0.29) is 34.1 Å². The van der Waals surface area contributed by atoms with E-state index >= 15 is 0 Å². The molecule has 0 heterocycles. The number of nitro benzene ring substituents is 1. The zero-order valence-corrected chi connectivity index (χ0v) is 12.5. The van der Waals surface area contributed by atoms with E-state index < -0.39 is 4.92 Å². The van der Waals surface area contributed by atoms with E-state index in [1.807, 2.05) is 0 Å². The van der Waals surface area contributed by atoms with Crippen molar-refractivity contribution >= 4 is 28.9 Å². The molecule has 1 N–H and O–H groups in total. The maximum Gasteiger partial charge on any atom is 0.272 e. The Morgan fingerprint density at radius 1 is 1.48 bits per heavy atom. The number of nitro groups is 1. The van der Waals surface area contributed by atoms with Gasteiger partial charge in [-0.2, -0.15) is 5.26 Å². The van der Waals surface area contributed by atoms with Crippen LogP contribution in [0, 0.1) is 21.4 Å². The summed E-state index contributed by atoms with van der Waals surface area (Å²) in [5.74, 6) is 0.201. The molecule has 0 aliphatic heterocycles. The lowest BCUT2D eigenvalue weighted by atomic mass is 10.2. The Kier molecular flexibility index (Phi) is 5.23. The van der Waals surface area contributed by atoms with Crippen LogP contribution in [-0.4, -0.2) is 23.6 Å². The zero-order chi connectivity index (χ0) is 15.4. The van der Waals surface area contributed by atoms with Gasteiger partial charge in [0.25, 0.3) is 5.69 Å². The molecule has 0 amide bonds. The molecule has 1 saturated carbocycles. The molecule has 0 radical (unpaired) electrons. The molecular weight excluding hydrogens is 317 g/mol. The molecule has 21 heavy (non-hydrogen) atoms. The van der Waals surface area contributed by atoms with Gasteiger partial charge in [-0.05, 0) is 12.8 Å². The Hall–Kier alpha value is -1.55. The second kappa shape index (κ2) is 6.94. The quantitative estimate of drug-likeness (QED) is 0.612. The van der Waals surface area contributed by atoms with Crippen molar-refractivity contribution in [3.05, 3.63) is 32.3 Å². The molecule has 1 aliphatic carbocycles. The van der Waals surface area contributed by atoms with E-state index in [0.29, 0.717) is 12.5 Å². The number of nitrogens with zero attached hydrogens (tertiary/aromatic N) is 2. The van der Waals surface area contributed by atoms with Gasteiger partial charge in [-0.15, -0.1) is 0 Å². The number of halogens is 2. The highest BCUT2D eigenvalue weighted by molar-refractivity contribution is 6.37. The first-order valence-electron chi connectivity index (χ1n) is 6.43. The van der Waals surface area contributed by atoms with Gasteiger partial charge in [-0.25, -0.2) is 0 Å². The third kappa shape index (κ3) is 4.46. The molecule has 0 spiro atoms. The van der Waals surface area contributed by atoms with Crippen LogP contribution in [0.4, 0.5) is 5.69 Å². The molecule has 6 nitrogen and oxygen atoms in total. The number of benzene rings is 1. The van der Waals surface area contributed by atoms with Gasteiger partial charge in [0.05, 0.1) is 33.7 Å². The number of hydrogen-bond acceptors (Lipinski definition) is 5. The Morgan fingerprint density at radius 3 is 2.57 bits per heavy atom. The van der Waals surface area contributed by atoms with Crippen molar-refractivity contribution in [1.29, 1.82) is 5.26 Å². The summed E-state index contributed by atoms with van der Waals surface area (Å²) in [7, 11) is 0. The Balaban J connectivity index is 1.93. The summed E-state index contributed by atoms with van der Waals surface area (Å²) >= 11 is 11.9. The summed E-state index contributed by atoms with van der Waals surface area (Å²) in [5, 5.41) is 23.0. The predicted octanol–water partition coefficient (Wildman–Crippen LogP) is 3.31. The van der Waals surface area contributed by atoms with Crippen LogP contribution in [0.3, 0.4) is 0 Å². The van der Waals surface area contributed by atoms with Gasteiger partial charge in [-0.3, -0.25) is 15.4 Å². The summed E-state index contributed by atoms with van der Waals surface area (Å²) < 4.78 is 5.46.